The molecule has 0 aromatic heterocycles. The number of ether oxygens (including phenoxy) is 1. The van der Waals surface area contributed by atoms with E-state index in [2.05, 4.69) is 40.9 Å². The van der Waals surface area contributed by atoms with Gasteiger partial charge in [0.25, 0.3) is 0 Å². The Bertz CT molecular complexity index is 445. The summed E-state index contributed by atoms with van der Waals surface area (Å²) in [6.07, 6.45) is 4.39. The second-order valence-electron chi connectivity index (χ2n) is 5.04. The summed E-state index contributed by atoms with van der Waals surface area (Å²) in [4.78, 5) is 4.64. The second-order valence-corrected chi connectivity index (χ2v) is 6.03. The van der Waals surface area contributed by atoms with E-state index in [4.69, 9.17) is 4.74 Å². The Balaban J connectivity index is 0.00000242. The maximum Gasteiger partial charge on any atom is 0.191 e. The molecule has 0 saturated heterocycles. The summed E-state index contributed by atoms with van der Waals surface area (Å²) in [6.45, 7) is 4.60. The van der Waals surface area contributed by atoms with Crippen molar-refractivity contribution in [2.24, 2.45) is 4.99 Å². The van der Waals surface area contributed by atoms with Gasteiger partial charge in [-0.15, -0.1) is 24.0 Å². The summed E-state index contributed by atoms with van der Waals surface area (Å²) in [5.41, 5.74) is 1.29. The zero-order valence-electron chi connectivity index (χ0n) is 13.3. The van der Waals surface area contributed by atoms with Crippen molar-refractivity contribution < 1.29 is 4.74 Å². The fourth-order valence-electron chi connectivity index (χ4n) is 2.31. The van der Waals surface area contributed by atoms with Crippen molar-refractivity contribution in [1.29, 1.82) is 0 Å². The number of nitrogens with zero attached hydrogens (tertiary/aromatic N) is 1. The van der Waals surface area contributed by atoms with Crippen molar-refractivity contribution in [3.63, 3.8) is 0 Å². The van der Waals surface area contributed by atoms with Crippen LogP contribution in [0, 0.1) is 0 Å². The third-order valence-corrected chi connectivity index (χ3v) is 4.03. The van der Waals surface area contributed by atoms with Gasteiger partial charge >= 0.3 is 0 Å². The molecule has 1 unspecified atom stereocenters. The van der Waals surface area contributed by atoms with Crippen LogP contribution in [0.25, 0.3) is 0 Å². The first-order valence-corrected chi connectivity index (χ1v) is 8.98. The molecule has 0 saturated carbocycles. The molecule has 0 spiro atoms. The Morgan fingerprint density at radius 3 is 2.91 bits per heavy atom. The predicted octanol–water partition coefficient (Wildman–Crippen LogP) is 2.92. The second kappa shape index (κ2) is 11.0. The number of guanidine groups is 1. The van der Waals surface area contributed by atoms with Crippen LogP contribution in [0.15, 0.2) is 29.3 Å². The number of hydrogen-bond acceptors (Lipinski definition) is 3. The zero-order chi connectivity index (χ0) is 14.9. The number of hydrogen-bond donors (Lipinski definition) is 2. The number of benzene rings is 1. The summed E-state index contributed by atoms with van der Waals surface area (Å²) in [5, 5.41) is 6.65. The van der Waals surface area contributed by atoms with Crippen molar-refractivity contribution in [2.45, 2.75) is 25.9 Å². The average Bonchev–Trinajstić information content (AvgIpc) is 2.92. The molecule has 1 heterocycles. The molecule has 124 valence electrons. The number of halogens is 1. The van der Waals surface area contributed by atoms with E-state index in [1.165, 1.54) is 11.3 Å². The number of aliphatic imine (C=N–C) groups is 1. The maximum atomic E-state index is 5.91. The number of rotatable bonds is 7. The topological polar surface area (TPSA) is 45.7 Å². The number of fused-ring (bicyclic) bond motifs is 1. The molecule has 0 fully saturated rings. The molecule has 2 N–H and O–H groups in total. The van der Waals surface area contributed by atoms with Gasteiger partial charge in [-0.3, -0.25) is 0 Å². The Morgan fingerprint density at radius 2 is 2.18 bits per heavy atom. The van der Waals surface area contributed by atoms with Gasteiger partial charge in [-0.05, 0) is 37.0 Å². The van der Waals surface area contributed by atoms with E-state index in [0.717, 1.165) is 37.6 Å². The molecular weight excluding hydrogens is 409 g/mol. The highest BCUT2D eigenvalue weighted by Crippen LogP contribution is 2.28. The molecule has 2 rings (SSSR count). The SMILES string of the molecule is CCNC(=NCC1Cc2ccccc2O1)NCCCSC.I. The van der Waals surface area contributed by atoms with Gasteiger partial charge in [-0.1, -0.05) is 18.2 Å². The molecule has 4 nitrogen and oxygen atoms in total. The van der Waals surface area contributed by atoms with Crippen LogP contribution in [-0.4, -0.2) is 43.7 Å². The molecule has 22 heavy (non-hydrogen) atoms. The first-order valence-electron chi connectivity index (χ1n) is 7.59. The summed E-state index contributed by atoms with van der Waals surface area (Å²) < 4.78 is 5.91. The minimum Gasteiger partial charge on any atom is -0.488 e. The Kier molecular flexibility index (Phi) is 9.70. The molecule has 1 aromatic rings. The van der Waals surface area contributed by atoms with Gasteiger partial charge in [0.05, 0.1) is 6.54 Å². The van der Waals surface area contributed by atoms with Crippen LogP contribution in [0.5, 0.6) is 5.75 Å². The van der Waals surface area contributed by atoms with Gasteiger partial charge in [0.2, 0.25) is 0 Å². The molecule has 0 bridgehead atoms. The van der Waals surface area contributed by atoms with E-state index < -0.39 is 0 Å². The van der Waals surface area contributed by atoms with Gasteiger partial charge in [0.15, 0.2) is 5.96 Å². The van der Waals surface area contributed by atoms with E-state index in [1.54, 1.807) is 0 Å². The molecule has 1 aliphatic heterocycles. The fourth-order valence-corrected chi connectivity index (χ4v) is 2.75. The van der Waals surface area contributed by atoms with Crippen LogP contribution in [0.4, 0.5) is 0 Å². The highest BCUT2D eigenvalue weighted by Gasteiger charge is 2.21. The highest BCUT2D eigenvalue weighted by atomic mass is 127. The summed E-state index contributed by atoms with van der Waals surface area (Å²) >= 11 is 1.87. The fraction of sp³-hybridized carbons (Fsp3) is 0.562. The summed E-state index contributed by atoms with van der Waals surface area (Å²) in [5.74, 6) is 3.07. The summed E-state index contributed by atoms with van der Waals surface area (Å²) in [7, 11) is 0. The van der Waals surface area contributed by atoms with Crippen LogP contribution in [-0.2, 0) is 6.42 Å². The molecule has 1 aromatic carbocycles. The van der Waals surface area contributed by atoms with Gasteiger partial charge < -0.3 is 15.4 Å². The Labute approximate surface area is 154 Å². The van der Waals surface area contributed by atoms with Crippen molar-refractivity contribution >= 4 is 41.7 Å². The van der Waals surface area contributed by atoms with Crippen LogP contribution in [0.3, 0.4) is 0 Å². The van der Waals surface area contributed by atoms with E-state index >= 15 is 0 Å². The minimum absolute atomic E-state index is 0. The monoisotopic (exact) mass is 435 g/mol. The standard InChI is InChI=1S/C16H25N3OS.HI/c1-3-17-16(18-9-6-10-21-2)19-12-14-11-13-7-4-5-8-15(13)20-14;/h4-5,7-8,14H,3,6,9-12H2,1-2H3,(H2,17,18,19);1H. The molecule has 1 aliphatic rings. The van der Waals surface area contributed by atoms with Gasteiger partial charge in [0.1, 0.15) is 11.9 Å². The lowest BCUT2D eigenvalue weighted by atomic mass is 10.1. The highest BCUT2D eigenvalue weighted by molar-refractivity contribution is 14.0. The van der Waals surface area contributed by atoms with E-state index in [1.807, 2.05) is 23.9 Å². The lowest BCUT2D eigenvalue weighted by Crippen LogP contribution is -2.38. The Morgan fingerprint density at radius 1 is 1.36 bits per heavy atom. The molecular formula is C16H26IN3OS. The van der Waals surface area contributed by atoms with Gasteiger partial charge in [-0.2, -0.15) is 11.8 Å². The lowest BCUT2D eigenvalue weighted by Gasteiger charge is -2.13. The van der Waals surface area contributed by atoms with Crippen LogP contribution < -0.4 is 15.4 Å². The lowest BCUT2D eigenvalue weighted by molar-refractivity contribution is 0.241. The van der Waals surface area contributed by atoms with Crippen LogP contribution >= 0.6 is 35.7 Å². The van der Waals surface area contributed by atoms with Crippen molar-refractivity contribution in [3.05, 3.63) is 29.8 Å². The minimum atomic E-state index is 0. The van der Waals surface area contributed by atoms with Crippen molar-refractivity contribution in [3.8, 4) is 5.75 Å². The maximum absolute atomic E-state index is 5.91. The number of nitrogens with one attached hydrogen (secondary N) is 2. The smallest absolute Gasteiger partial charge is 0.191 e. The van der Waals surface area contributed by atoms with Gasteiger partial charge in [0, 0.05) is 19.5 Å². The molecule has 1 atom stereocenters. The first-order chi connectivity index (χ1) is 10.3. The van der Waals surface area contributed by atoms with Crippen LogP contribution in [0.1, 0.15) is 18.9 Å². The third kappa shape index (κ3) is 6.24. The number of para-hydroxylation sites is 1. The first kappa shape index (κ1) is 19.4. The quantitative estimate of drug-likeness (QED) is 0.299. The molecule has 0 amide bonds. The van der Waals surface area contributed by atoms with Crippen molar-refractivity contribution in [1.82, 2.24) is 10.6 Å². The number of thioether (sulfide) groups is 1. The third-order valence-electron chi connectivity index (χ3n) is 3.33. The molecule has 0 aliphatic carbocycles. The van der Waals surface area contributed by atoms with Crippen LogP contribution in [0.2, 0.25) is 0 Å². The largest absolute Gasteiger partial charge is 0.488 e. The van der Waals surface area contributed by atoms with Gasteiger partial charge in [-0.25, -0.2) is 4.99 Å². The normalized spacial score (nSPS) is 16.5. The van der Waals surface area contributed by atoms with Crippen molar-refractivity contribution in [2.75, 3.05) is 31.6 Å². The van der Waals surface area contributed by atoms with E-state index in [9.17, 15) is 0 Å². The zero-order valence-corrected chi connectivity index (χ0v) is 16.4. The Hall–Kier alpha value is -0.630. The average molecular weight is 435 g/mol. The predicted molar refractivity (Wildman–Crippen MR) is 107 cm³/mol. The van der Waals surface area contributed by atoms with E-state index in [-0.39, 0.29) is 30.1 Å². The molecule has 6 heteroatoms. The van der Waals surface area contributed by atoms with E-state index in [0.29, 0.717) is 6.54 Å². The molecule has 0 radical (unpaired) electrons. The summed E-state index contributed by atoms with van der Waals surface area (Å²) in [6, 6.07) is 8.24.